The van der Waals surface area contributed by atoms with Crippen LogP contribution in [0, 0.1) is 0 Å². The second-order valence-electron chi connectivity index (χ2n) is 6.99. The highest BCUT2D eigenvalue weighted by Crippen LogP contribution is 2.58. The van der Waals surface area contributed by atoms with Crippen LogP contribution in [0.15, 0.2) is 29.3 Å². The summed E-state index contributed by atoms with van der Waals surface area (Å²) in [5.74, 6) is -1.05. The summed E-state index contributed by atoms with van der Waals surface area (Å²) >= 11 is 34.0. The van der Waals surface area contributed by atoms with Crippen LogP contribution < -0.4 is 0 Å². The third kappa shape index (κ3) is 4.66. The maximum absolute atomic E-state index is 13.0. The molecule has 1 unspecified atom stereocenters. The number of nitrogens with zero attached hydrogens (tertiary/aromatic N) is 2. The van der Waals surface area contributed by atoms with Gasteiger partial charge in [-0.05, 0) is 41.9 Å². The molecule has 2 fully saturated rings. The van der Waals surface area contributed by atoms with E-state index in [0.29, 0.717) is 10.6 Å². The first-order valence-electron chi connectivity index (χ1n) is 8.20. The zero-order valence-corrected chi connectivity index (χ0v) is 21.1. The van der Waals surface area contributed by atoms with Crippen molar-refractivity contribution in [2.24, 2.45) is 4.99 Å². The van der Waals surface area contributed by atoms with E-state index < -0.39 is 42.9 Å². The van der Waals surface area contributed by atoms with E-state index in [4.69, 9.17) is 62.7 Å². The van der Waals surface area contributed by atoms with Gasteiger partial charge in [-0.15, -0.1) is 11.8 Å². The number of amides is 1. The maximum Gasteiger partial charge on any atom is 0.330 e. The topological polar surface area (TPSA) is 59.0 Å². The first-order chi connectivity index (χ1) is 13.3. The van der Waals surface area contributed by atoms with Crippen LogP contribution in [0.4, 0.5) is 0 Å². The number of hydrogen-bond acceptors (Lipinski definition) is 5. The van der Waals surface area contributed by atoms with E-state index in [2.05, 4.69) is 20.9 Å². The van der Waals surface area contributed by atoms with Crippen LogP contribution >= 0.6 is 85.7 Å². The summed E-state index contributed by atoms with van der Waals surface area (Å²) < 4.78 is 1.44. The van der Waals surface area contributed by atoms with E-state index in [-0.39, 0.29) is 5.17 Å². The summed E-state index contributed by atoms with van der Waals surface area (Å²) in [6.07, 6.45) is 0. The highest BCUT2D eigenvalue weighted by atomic mass is 79.9. The fourth-order valence-electron chi connectivity index (χ4n) is 3.11. The molecule has 158 valence electrons. The quantitative estimate of drug-likeness (QED) is 0.157. The molecule has 12 heteroatoms. The van der Waals surface area contributed by atoms with Crippen LogP contribution in [0.3, 0.4) is 0 Å². The van der Waals surface area contributed by atoms with Crippen LogP contribution in [0.1, 0.15) is 19.4 Å². The summed E-state index contributed by atoms with van der Waals surface area (Å²) in [4.78, 5) is 31.5. The van der Waals surface area contributed by atoms with Crippen molar-refractivity contribution in [3.63, 3.8) is 0 Å². The number of aliphatic imine (C=N–C) groups is 1. The fraction of sp³-hybridized carbons (Fsp3) is 0.471. The predicted molar refractivity (Wildman–Crippen MR) is 123 cm³/mol. The van der Waals surface area contributed by atoms with Crippen molar-refractivity contribution in [1.82, 2.24) is 4.90 Å². The summed E-state index contributed by atoms with van der Waals surface area (Å²) in [6, 6.07) is 5.90. The van der Waals surface area contributed by atoms with Crippen molar-refractivity contribution >= 4 is 103 Å². The van der Waals surface area contributed by atoms with E-state index in [1.54, 1.807) is 24.3 Å². The lowest BCUT2D eigenvalue weighted by Gasteiger charge is -2.47. The van der Waals surface area contributed by atoms with E-state index in [1.165, 1.54) is 16.7 Å². The lowest BCUT2D eigenvalue weighted by Crippen LogP contribution is -2.70. The molecule has 0 spiro atoms. The first kappa shape index (κ1) is 23.8. The molecule has 0 aliphatic carbocycles. The zero-order valence-electron chi connectivity index (χ0n) is 15.0. The lowest BCUT2D eigenvalue weighted by atomic mass is 9.96. The van der Waals surface area contributed by atoms with Crippen molar-refractivity contribution in [1.29, 1.82) is 0 Å². The minimum atomic E-state index is -1.74. The molecule has 0 bridgehead atoms. The van der Waals surface area contributed by atoms with Gasteiger partial charge in [0.05, 0.1) is 0 Å². The van der Waals surface area contributed by atoms with Gasteiger partial charge in [0.2, 0.25) is 8.24 Å². The van der Waals surface area contributed by atoms with Crippen LogP contribution in [0.2, 0.25) is 5.02 Å². The Morgan fingerprint density at radius 2 is 1.90 bits per heavy atom. The van der Waals surface area contributed by atoms with E-state index in [9.17, 15) is 9.59 Å². The molecule has 2 heterocycles. The smallest absolute Gasteiger partial charge is 0.330 e. The van der Waals surface area contributed by atoms with Gasteiger partial charge in [0.1, 0.15) is 23.2 Å². The lowest BCUT2D eigenvalue weighted by molar-refractivity contribution is -0.163. The molecule has 0 saturated carbocycles. The molecule has 29 heavy (non-hydrogen) atoms. The van der Waals surface area contributed by atoms with Crippen molar-refractivity contribution in [2.75, 3.05) is 6.61 Å². The molecule has 2 aliphatic rings. The molecule has 0 radical (unpaired) electrons. The third-order valence-electron chi connectivity index (χ3n) is 4.41. The molecule has 0 aromatic heterocycles. The number of halogens is 6. The van der Waals surface area contributed by atoms with E-state index >= 15 is 0 Å². The minimum Gasteiger partial charge on any atom is -0.460 e. The van der Waals surface area contributed by atoms with Gasteiger partial charge in [-0.3, -0.25) is 4.79 Å². The van der Waals surface area contributed by atoms with Crippen LogP contribution in [-0.4, -0.2) is 53.0 Å². The number of thioether (sulfide) groups is 1. The predicted octanol–water partition coefficient (Wildman–Crippen LogP) is 5.39. The van der Waals surface area contributed by atoms with E-state index in [0.717, 1.165) is 0 Å². The standard InChI is InChI=1S/C17H14BrCl5N2O3S/c1-15(2)10(12(26)28-7-16(21,22)23)25-13(27)17(18,14(25)29-15)24-11(20)8-3-5-9(19)6-4-8/h3-6,10,14H,7H2,1-2H3/t10-,14+,17?/m0/s1. The largest absolute Gasteiger partial charge is 0.460 e. The Bertz CT molecular complexity index is 877. The van der Waals surface area contributed by atoms with Crippen molar-refractivity contribution in [3.8, 4) is 0 Å². The number of carbonyl (C=O) groups excluding carboxylic acids is 2. The molecular formula is C17H14BrCl5N2O3S. The Hall–Kier alpha value is 0.110. The van der Waals surface area contributed by atoms with Crippen molar-refractivity contribution in [2.45, 2.75) is 38.3 Å². The van der Waals surface area contributed by atoms with Gasteiger partial charge < -0.3 is 9.64 Å². The molecule has 1 aromatic carbocycles. The fourth-order valence-corrected chi connectivity index (χ4v) is 6.20. The second-order valence-corrected chi connectivity index (χ2v) is 13.2. The SMILES string of the molecule is CC1(C)S[C@H]2N(C(=O)C2(Br)N=C(Cl)c2ccc(Cl)cc2)[C@H]1C(=O)OCC(Cl)(Cl)Cl. The number of fused-ring (bicyclic) bond motifs is 1. The molecule has 2 saturated heterocycles. The average molecular weight is 584 g/mol. The molecular weight excluding hydrogens is 569 g/mol. The van der Waals surface area contributed by atoms with Gasteiger partial charge in [0.15, 0.2) is 0 Å². The van der Waals surface area contributed by atoms with Gasteiger partial charge >= 0.3 is 5.97 Å². The van der Waals surface area contributed by atoms with Gasteiger partial charge in [-0.25, -0.2) is 9.79 Å². The normalized spacial score (nSPS) is 28.8. The molecule has 1 aromatic rings. The summed E-state index contributed by atoms with van der Waals surface area (Å²) in [5, 5.41) is 0.241. The second kappa shape index (κ2) is 8.23. The van der Waals surface area contributed by atoms with Gasteiger partial charge in [0.25, 0.3) is 5.91 Å². The highest BCUT2D eigenvalue weighted by Gasteiger charge is 2.71. The zero-order chi connectivity index (χ0) is 21.8. The van der Waals surface area contributed by atoms with Crippen LogP contribution in [0.5, 0.6) is 0 Å². The molecule has 3 atom stereocenters. The van der Waals surface area contributed by atoms with E-state index in [1.807, 2.05) is 13.8 Å². The van der Waals surface area contributed by atoms with Gasteiger partial charge in [-0.2, -0.15) is 0 Å². The molecule has 3 rings (SSSR count). The number of ether oxygens (including phenoxy) is 1. The minimum absolute atomic E-state index is 0.146. The van der Waals surface area contributed by atoms with Crippen molar-refractivity contribution < 1.29 is 14.3 Å². The molecule has 2 aliphatic heterocycles. The monoisotopic (exact) mass is 580 g/mol. The molecule has 5 nitrogen and oxygen atoms in total. The highest BCUT2D eigenvalue weighted by molar-refractivity contribution is 9.10. The third-order valence-corrected chi connectivity index (χ3v) is 8.17. The number of esters is 1. The summed E-state index contributed by atoms with van der Waals surface area (Å²) in [5.41, 5.74) is 0.613. The van der Waals surface area contributed by atoms with Crippen LogP contribution in [-0.2, 0) is 14.3 Å². The number of hydrogen-bond donors (Lipinski definition) is 0. The Morgan fingerprint density at radius 1 is 1.31 bits per heavy atom. The number of rotatable bonds is 4. The number of benzene rings is 1. The number of β-lactam (4-membered cyclic amide) rings is 1. The maximum atomic E-state index is 13.0. The molecule has 1 amide bonds. The van der Waals surface area contributed by atoms with Gasteiger partial charge in [-0.1, -0.05) is 70.1 Å². The average Bonchev–Trinajstić information content (AvgIpc) is 2.89. The Balaban J connectivity index is 1.83. The summed E-state index contributed by atoms with van der Waals surface area (Å²) in [6.45, 7) is 3.26. The van der Waals surface area contributed by atoms with Gasteiger partial charge in [0, 0.05) is 15.3 Å². The first-order valence-corrected chi connectivity index (χ1v) is 11.8. The Morgan fingerprint density at radius 3 is 2.45 bits per heavy atom. The number of carbonyl (C=O) groups is 2. The summed E-state index contributed by atoms with van der Waals surface area (Å²) in [7, 11) is 0. The Kier molecular flexibility index (Phi) is 6.74. The molecule has 0 N–H and O–H groups in total. The van der Waals surface area contributed by atoms with Crippen LogP contribution in [0.25, 0.3) is 0 Å². The Labute approximate surface area is 205 Å². The van der Waals surface area contributed by atoms with Crippen molar-refractivity contribution in [3.05, 3.63) is 34.9 Å². The number of alkyl halides is 4.